The standard InChI is InChI=1S/C14H15BrN2OS/c1-2-5-17-10-7-13(15)19-12(10)6-11(17)14(18)16-8-9-3-4-9/h2,6-7,9H,1,3-5,8H2,(H,16,18). The average Bonchev–Trinajstić information content (AvgIpc) is 3.06. The molecule has 0 saturated heterocycles. The highest BCUT2D eigenvalue weighted by atomic mass is 79.9. The summed E-state index contributed by atoms with van der Waals surface area (Å²) in [6.45, 7) is 5.23. The lowest BCUT2D eigenvalue weighted by molar-refractivity contribution is 0.0943. The quantitative estimate of drug-likeness (QED) is 0.827. The third kappa shape index (κ3) is 2.62. The summed E-state index contributed by atoms with van der Waals surface area (Å²) in [4.78, 5) is 12.3. The number of allylic oxidation sites excluding steroid dienone is 1. The summed E-state index contributed by atoms with van der Waals surface area (Å²) < 4.78 is 4.23. The maximum Gasteiger partial charge on any atom is 0.267 e. The molecule has 2 aromatic rings. The zero-order valence-electron chi connectivity index (χ0n) is 10.5. The summed E-state index contributed by atoms with van der Waals surface area (Å²) in [7, 11) is 0. The molecule has 3 rings (SSSR count). The number of halogens is 1. The van der Waals surface area contributed by atoms with Crippen molar-refractivity contribution >= 4 is 43.4 Å². The summed E-state index contributed by atoms with van der Waals surface area (Å²) in [6, 6.07) is 4.03. The van der Waals surface area contributed by atoms with Crippen LogP contribution < -0.4 is 5.32 Å². The molecule has 0 bridgehead atoms. The zero-order chi connectivity index (χ0) is 13.4. The van der Waals surface area contributed by atoms with Gasteiger partial charge in [0, 0.05) is 13.1 Å². The van der Waals surface area contributed by atoms with Crippen LogP contribution in [0.1, 0.15) is 23.3 Å². The molecule has 1 aliphatic carbocycles. The smallest absolute Gasteiger partial charge is 0.267 e. The molecule has 1 aliphatic rings. The summed E-state index contributed by atoms with van der Waals surface area (Å²) in [6.07, 6.45) is 4.31. The second kappa shape index (κ2) is 5.13. The highest BCUT2D eigenvalue weighted by molar-refractivity contribution is 9.11. The second-order valence-corrected chi connectivity index (χ2v) is 7.35. The van der Waals surface area contributed by atoms with Crippen molar-refractivity contribution in [3.05, 3.63) is 34.3 Å². The van der Waals surface area contributed by atoms with Crippen molar-refractivity contribution < 1.29 is 4.79 Å². The molecule has 5 heteroatoms. The SMILES string of the molecule is C=CCn1c(C(=O)NCC2CC2)cc2sc(Br)cc21. The number of carbonyl (C=O) groups excluding carboxylic acids is 1. The number of hydrogen-bond donors (Lipinski definition) is 1. The van der Waals surface area contributed by atoms with Gasteiger partial charge in [-0.2, -0.15) is 0 Å². The van der Waals surface area contributed by atoms with E-state index in [-0.39, 0.29) is 5.91 Å². The monoisotopic (exact) mass is 338 g/mol. The predicted octanol–water partition coefficient (Wildman–Crippen LogP) is 3.79. The molecule has 2 aromatic heterocycles. The first-order valence-corrected chi connectivity index (χ1v) is 7.97. The number of hydrogen-bond acceptors (Lipinski definition) is 2. The Balaban J connectivity index is 1.91. The molecule has 0 atom stereocenters. The van der Waals surface area contributed by atoms with Crippen molar-refractivity contribution in [3.8, 4) is 0 Å². The number of nitrogens with one attached hydrogen (secondary N) is 1. The summed E-state index contributed by atoms with van der Waals surface area (Å²) >= 11 is 5.14. The van der Waals surface area contributed by atoms with Crippen LogP contribution in [0.25, 0.3) is 10.2 Å². The van der Waals surface area contributed by atoms with Gasteiger partial charge in [0.2, 0.25) is 0 Å². The Hall–Kier alpha value is -1.07. The molecule has 19 heavy (non-hydrogen) atoms. The maximum atomic E-state index is 12.3. The van der Waals surface area contributed by atoms with Gasteiger partial charge in [0.05, 0.1) is 14.0 Å². The van der Waals surface area contributed by atoms with Crippen LogP contribution >= 0.6 is 27.3 Å². The molecular weight excluding hydrogens is 324 g/mol. The van der Waals surface area contributed by atoms with Crippen molar-refractivity contribution in [1.29, 1.82) is 0 Å². The van der Waals surface area contributed by atoms with Crippen LogP contribution in [0.5, 0.6) is 0 Å². The Bertz CT molecular complexity index is 639. The molecular formula is C14H15BrN2OS. The fraction of sp³-hybridized carbons (Fsp3) is 0.357. The van der Waals surface area contributed by atoms with Crippen LogP contribution in [-0.4, -0.2) is 17.0 Å². The first kappa shape index (κ1) is 12.9. The normalized spacial score (nSPS) is 14.8. The molecule has 0 aliphatic heterocycles. The number of aromatic nitrogens is 1. The Morgan fingerprint density at radius 2 is 2.37 bits per heavy atom. The first-order valence-electron chi connectivity index (χ1n) is 6.36. The lowest BCUT2D eigenvalue weighted by Crippen LogP contribution is -2.27. The number of amides is 1. The van der Waals surface area contributed by atoms with E-state index in [4.69, 9.17) is 0 Å². The number of thiophene rings is 1. The van der Waals surface area contributed by atoms with E-state index in [9.17, 15) is 4.79 Å². The Morgan fingerprint density at radius 3 is 3.05 bits per heavy atom. The molecule has 1 N–H and O–H groups in total. The number of rotatable bonds is 5. The second-order valence-electron chi connectivity index (χ2n) is 4.88. The third-order valence-electron chi connectivity index (χ3n) is 3.35. The van der Waals surface area contributed by atoms with Crippen LogP contribution in [0.4, 0.5) is 0 Å². The molecule has 0 spiro atoms. The Labute approximate surface area is 124 Å². The van der Waals surface area contributed by atoms with Crippen molar-refractivity contribution in [2.45, 2.75) is 19.4 Å². The first-order chi connectivity index (χ1) is 9.19. The fourth-order valence-corrected chi connectivity index (χ4v) is 3.74. The van der Waals surface area contributed by atoms with Gasteiger partial charge in [0.15, 0.2) is 0 Å². The highest BCUT2D eigenvalue weighted by Gasteiger charge is 2.23. The van der Waals surface area contributed by atoms with E-state index >= 15 is 0 Å². The molecule has 2 heterocycles. The lowest BCUT2D eigenvalue weighted by atomic mass is 10.3. The molecule has 0 radical (unpaired) electrons. The number of carbonyl (C=O) groups is 1. The predicted molar refractivity (Wildman–Crippen MR) is 82.8 cm³/mol. The van der Waals surface area contributed by atoms with Crippen LogP contribution in [0.2, 0.25) is 0 Å². The molecule has 100 valence electrons. The van der Waals surface area contributed by atoms with E-state index in [1.54, 1.807) is 11.3 Å². The van der Waals surface area contributed by atoms with Crippen molar-refractivity contribution in [2.24, 2.45) is 5.92 Å². The van der Waals surface area contributed by atoms with Gasteiger partial charge in [0.1, 0.15) is 5.69 Å². The molecule has 1 saturated carbocycles. The molecule has 1 fully saturated rings. The molecule has 3 nitrogen and oxygen atoms in total. The highest BCUT2D eigenvalue weighted by Crippen LogP contribution is 2.32. The topological polar surface area (TPSA) is 34.0 Å². The van der Waals surface area contributed by atoms with Crippen molar-refractivity contribution in [1.82, 2.24) is 9.88 Å². The minimum absolute atomic E-state index is 0.0215. The Kier molecular flexibility index (Phi) is 3.50. The minimum atomic E-state index is 0.0215. The Morgan fingerprint density at radius 1 is 1.58 bits per heavy atom. The average molecular weight is 339 g/mol. The minimum Gasteiger partial charge on any atom is -0.350 e. The van der Waals surface area contributed by atoms with Crippen LogP contribution in [0, 0.1) is 5.92 Å². The van der Waals surface area contributed by atoms with Gasteiger partial charge < -0.3 is 9.88 Å². The lowest BCUT2D eigenvalue weighted by Gasteiger charge is -2.08. The van der Waals surface area contributed by atoms with Crippen LogP contribution in [0.15, 0.2) is 28.6 Å². The van der Waals surface area contributed by atoms with Crippen molar-refractivity contribution in [3.63, 3.8) is 0 Å². The largest absolute Gasteiger partial charge is 0.350 e. The number of fused-ring (bicyclic) bond motifs is 1. The number of nitrogens with zero attached hydrogens (tertiary/aromatic N) is 1. The van der Waals surface area contributed by atoms with Crippen LogP contribution in [-0.2, 0) is 6.54 Å². The summed E-state index contributed by atoms with van der Waals surface area (Å²) in [5.74, 6) is 0.718. The summed E-state index contributed by atoms with van der Waals surface area (Å²) in [5.41, 5.74) is 1.82. The maximum absolute atomic E-state index is 12.3. The van der Waals surface area contributed by atoms with E-state index in [2.05, 4.69) is 33.9 Å². The molecule has 1 amide bonds. The van der Waals surface area contributed by atoms with Gasteiger partial charge in [-0.25, -0.2) is 0 Å². The third-order valence-corrected chi connectivity index (χ3v) is 4.93. The van der Waals surface area contributed by atoms with Gasteiger partial charge in [-0.15, -0.1) is 17.9 Å². The van der Waals surface area contributed by atoms with Crippen LogP contribution in [0.3, 0.4) is 0 Å². The summed E-state index contributed by atoms with van der Waals surface area (Å²) in [5, 5.41) is 3.02. The van der Waals surface area contributed by atoms with Gasteiger partial charge in [-0.3, -0.25) is 4.79 Å². The van der Waals surface area contributed by atoms with E-state index in [1.165, 1.54) is 12.8 Å². The van der Waals surface area contributed by atoms with Gasteiger partial charge in [0.25, 0.3) is 5.91 Å². The van der Waals surface area contributed by atoms with E-state index in [0.717, 1.165) is 26.2 Å². The van der Waals surface area contributed by atoms with Gasteiger partial charge in [-0.05, 0) is 46.8 Å². The molecule has 0 aromatic carbocycles. The zero-order valence-corrected chi connectivity index (χ0v) is 12.9. The van der Waals surface area contributed by atoms with E-state index in [0.29, 0.717) is 12.5 Å². The van der Waals surface area contributed by atoms with E-state index < -0.39 is 0 Å². The van der Waals surface area contributed by atoms with E-state index in [1.807, 2.05) is 16.7 Å². The van der Waals surface area contributed by atoms with Gasteiger partial charge in [-0.1, -0.05) is 6.08 Å². The fourth-order valence-electron chi connectivity index (χ4n) is 2.18. The molecule has 0 unspecified atom stereocenters. The van der Waals surface area contributed by atoms with Crippen molar-refractivity contribution in [2.75, 3.05) is 6.54 Å². The van der Waals surface area contributed by atoms with Gasteiger partial charge >= 0.3 is 0 Å².